The highest BCUT2D eigenvalue weighted by Crippen LogP contribution is 2.29. The lowest BCUT2D eigenvalue weighted by molar-refractivity contribution is -0.160. The SMILES string of the molecule is CC(C)(C)CC(C)(C)OC(=O)[C@@H](N)Cc1ccccc1. The molecular formula is C17H27NO2. The standard InChI is InChI=1S/C17H27NO2/c1-16(2,3)12-17(4,5)20-15(19)14(18)11-13-9-7-6-8-10-13/h6-10,14H,11-12,18H2,1-5H3/t14-/m0/s1. The van der Waals surface area contributed by atoms with Crippen molar-refractivity contribution in [2.75, 3.05) is 0 Å². The van der Waals surface area contributed by atoms with Crippen LogP contribution < -0.4 is 5.73 Å². The second kappa shape index (κ2) is 6.40. The van der Waals surface area contributed by atoms with Crippen molar-refractivity contribution in [1.82, 2.24) is 0 Å². The van der Waals surface area contributed by atoms with Crippen molar-refractivity contribution in [2.24, 2.45) is 11.1 Å². The van der Waals surface area contributed by atoms with E-state index in [9.17, 15) is 4.79 Å². The van der Waals surface area contributed by atoms with Crippen molar-refractivity contribution < 1.29 is 9.53 Å². The van der Waals surface area contributed by atoms with Crippen molar-refractivity contribution in [2.45, 2.75) is 59.1 Å². The van der Waals surface area contributed by atoms with Crippen LogP contribution in [0.25, 0.3) is 0 Å². The molecule has 0 saturated carbocycles. The van der Waals surface area contributed by atoms with E-state index in [0.717, 1.165) is 12.0 Å². The van der Waals surface area contributed by atoms with Crippen LogP contribution in [0.4, 0.5) is 0 Å². The first-order chi connectivity index (χ1) is 9.09. The molecule has 1 rings (SSSR count). The smallest absolute Gasteiger partial charge is 0.323 e. The number of benzene rings is 1. The molecule has 0 bridgehead atoms. The van der Waals surface area contributed by atoms with Gasteiger partial charge in [0, 0.05) is 0 Å². The van der Waals surface area contributed by atoms with Crippen LogP contribution in [0, 0.1) is 5.41 Å². The van der Waals surface area contributed by atoms with Crippen LogP contribution in [0.1, 0.15) is 46.6 Å². The van der Waals surface area contributed by atoms with E-state index in [1.54, 1.807) is 0 Å². The summed E-state index contributed by atoms with van der Waals surface area (Å²) in [7, 11) is 0. The van der Waals surface area contributed by atoms with E-state index in [4.69, 9.17) is 10.5 Å². The van der Waals surface area contributed by atoms with E-state index >= 15 is 0 Å². The highest BCUT2D eigenvalue weighted by molar-refractivity contribution is 5.76. The Morgan fingerprint density at radius 2 is 1.70 bits per heavy atom. The summed E-state index contributed by atoms with van der Waals surface area (Å²) < 4.78 is 5.58. The molecule has 0 saturated heterocycles. The van der Waals surface area contributed by atoms with Gasteiger partial charge in [-0.2, -0.15) is 0 Å². The monoisotopic (exact) mass is 277 g/mol. The summed E-state index contributed by atoms with van der Waals surface area (Å²) >= 11 is 0. The van der Waals surface area contributed by atoms with E-state index in [1.165, 1.54) is 0 Å². The number of nitrogens with two attached hydrogens (primary N) is 1. The zero-order valence-corrected chi connectivity index (χ0v) is 13.3. The van der Waals surface area contributed by atoms with Crippen LogP contribution in [-0.2, 0) is 16.0 Å². The Morgan fingerprint density at radius 1 is 1.15 bits per heavy atom. The molecule has 112 valence electrons. The largest absolute Gasteiger partial charge is 0.458 e. The maximum Gasteiger partial charge on any atom is 0.323 e. The zero-order valence-electron chi connectivity index (χ0n) is 13.3. The lowest BCUT2D eigenvalue weighted by atomic mass is 9.83. The van der Waals surface area contributed by atoms with Gasteiger partial charge in [-0.15, -0.1) is 0 Å². The zero-order chi connectivity index (χ0) is 15.4. The molecular weight excluding hydrogens is 250 g/mol. The van der Waals surface area contributed by atoms with E-state index in [1.807, 2.05) is 44.2 Å². The second-order valence-corrected chi connectivity index (χ2v) is 7.21. The Balaban J connectivity index is 2.57. The fraction of sp³-hybridized carbons (Fsp3) is 0.588. The van der Waals surface area contributed by atoms with E-state index in [2.05, 4.69) is 20.8 Å². The fourth-order valence-corrected chi connectivity index (χ4v) is 2.61. The van der Waals surface area contributed by atoms with Gasteiger partial charge < -0.3 is 10.5 Å². The van der Waals surface area contributed by atoms with Crippen molar-refractivity contribution in [1.29, 1.82) is 0 Å². The van der Waals surface area contributed by atoms with Gasteiger partial charge in [-0.25, -0.2) is 0 Å². The van der Waals surface area contributed by atoms with Crippen LogP contribution in [0.15, 0.2) is 30.3 Å². The highest BCUT2D eigenvalue weighted by atomic mass is 16.6. The number of rotatable bonds is 5. The topological polar surface area (TPSA) is 52.3 Å². The molecule has 0 radical (unpaired) electrons. The molecule has 0 aliphatic heterocycles. The molecule has 3 heteroatoms. The molecule has 0 aliphatic rings. The predicted octanol–water partition coefficient (Wildman–Crippen LogP) is 3.31. The lowest BCUT2D eigenvalue weighted by Gasteiger charge is -2.33. The number of carbonyl (C=O) groups is 1. The van der Waals surface area contributed by atoms with Crippen LogP contribution >= 0.6 is 0 Å². The number of ether oxygens (including phenoxy) is 1. The number of hydrogen-bond donors (Lipinski definition) is 1. The summed E-state index contributed by atoms with van der Waals surface area (Å²) in [5, 5.41) is 0. The van der Waals surface area contributed by atoms with Gasteiger partial charge >= 0.3 is 5.97 Å². The fourth-order valence-electron chi connectivity index (χ4n) is 2.61. The maximum atomic E-state index is 12.1. The molecule has 0 aliphatic carbocycles. The summed E-state index contributed by atoms with van der Waals surface area (Å²) in [6, 6.07) is 9.14. The molecule has 1 aromatic rings. The highest BCUT2D eigenvalue weighted by Gasteiger charge is 2.30. The van der Waals surface area contributed by atoms with E-state index in [0.29, 0.717) is 6.42 Å². The normalized spacial score (nSPS) is 13.9. The van der Waals surface area contributed by atoms with Crippen LogP contribution in [0.2, 0.25) is 0 Å². The quantitative estimate of drug-likeness (QED) is 0.840. The van der Waals surface area contributed by atoms with Gasteiger partial charge in [0.15, 0.2) is 0 Å². The Morgan fingerprint density at radius 3 is 2.20 bits per heavy atom. The van der Waals surface area contributed by atoms with Crippen molar-refractivity contribution >= 4 is 5.97 Å². The van der Waals surface area contributed by atoms with E-state index < -0.39 is 11.6 Å². The molecule has 0 unspecified atom stereocenters. The number of hydrogen-bond acceptors (Lipinski definition) is 3. The first-order valence-corrected chi connectivity index (χ1v) is 7.11. The molecule has 0 aromatic heterocycles. The van der Waals surface area contributed by atoms with Crippen molar-refractivity contribution in [3.8, 4) is 0 Å². The minimum Gasteiger partial charge on any atom is -0.458 e. The average molecular weight is 277 g/mol. The minimum absolute atomic E-state index is 0.104. The molecule has 1 atom stereocenters. The van der Waals surface area contributed by atoms with Gasteiger partial charge in [-0.3, -0.25) is 4.79 Å². The maximum absolute atomic E-state index is 12.1. The Bertz CT molecular complexity index is 432. The summed E-state index contributed by atoms with van der Waals surface area (Å²) in [6.07, 6.45) is 1.30. The lowest BCUT2D eigenvalue weighted by Crippen LogP contribution is -2.41. The van der Waals surface area contributed by atoms with Gasteiger partial charge in [0.25, 0.3) is 0 Å². The van der Waals surface area contributed by atoms with Crippen molar-refractivity contribution in [3.63, 3.8) is 0 Å². The van der Waals surface area contributed by atoms with Crippen molar-refractivity contribution in [3.05, 3.63) is 35.9 Å². The Labute approximate surface area is 122 Å². The minimum atomic E-state index is -0.614. The summed E-state index contributed by atoms with van der Waals surface area (Å²) in [5.74, 6) is -0.330. The molecule has 1 aromatic carbocycles. The first kappa shape index (κ1) is 16.7. The van der Waals surface area contributed by atoms with Crippen LogP contribution in [0.5, 0.6) is 0 Å². The third kappa shape index (κ3) is 6.20. The summed E-state index contributed by atoms with van der Waals surface area (Å²) in [6.45, 7) is 10.3. The average Bonchev–Trinajstić information content (AvgIpc) is 2.26. The molecule has 0 heterocycles. The van der Waals surface area contributed by atoms with Crippen LogP contribution in [0.3, 0.4) is 0 Å². The van der Waals surface area contributed by atoms with Gasteiger partial charge in [0.1, 0.15) is 11.6 Å². The summed E-state index contributed by atoms with van der Waals surface area (Å²) in [5.41, 5.74) is 6.60. The Kier molecular flexibility index (Phi) is 5.35. The van der Waals surface area contributed by atoms with Gasteiger partial charge in [0.05, 0.1) is 0 Å². The summed E-state index contributed by atoms with van der Waals surface area (Å²) in [4.78, 5) is 12.1. The predicted molar refractivity (Wildman–Crippen MR) is 82.4 cm³/mol. The third-order valence-electron chi connectivity index (χ3n) is 2.93. The third-order valence-corrected chi connectivity index (χ3v) is 2.93. The molecule has 0 fully saturated rings. The van der Waals surface area contributed by atoms with Gasteiger partial charge in [-0.1, -0.05) is 51.1 Å². The molecule has 20 heavy (non-hydrogen) atoms. The molecule has 0 amide bonds. The Hall–Kier alpha value is -1.35. The van der Waals surface area contributed by atoms with Gasteiger partial charge in [-0.05, 0) is 37.7 Å². The molecule has 3 nitrogen and oxygen atoms in total. The molecule has 0 spiro atoms. The van der Waals surface area contributed by atoms with Gasteiger partial charge in [0.2, 0.25) is 0 Å². The molecule has 2 N–H and O–H groups in total. The number of carbonyl (C=O) groups excluding carboxylic acids is 1. The first-order valence-electron chi connectivity index (χ1n) is 7.11. The number of esters is 1. The van der Waals surface area contributed by atoms with Crippen LogP contribution in [-0.4, -0.2) is 17.6 Å². The second-order valence-electron chi connectivity index (χ2n) is 7.21. The van der Waals surface area contributed by atoms with E-state index in [-0.39, 0.29) is 11.4 Å².